The van der Waals surface area contributed by atoms with E-state index >= 15 is 0 Å². The Morgan fingerprint density at radius 2 is 2.07 bits per heavy atom. The van der Waals surface area contributed by atoms with E-state index in [0.717, 1.165) is 18.2 Å². The molecule has 0 atom stereocenters. The van der Waals surface area contributed by atoms with Crippen molar-refractivity contribution in [3.63, 3.8) is 0 Å². The number of alkyl halides is 3. The van der Waals surface area contributed by atoms with Crippen LogP contribution >= 0.6 is 0 Å². The zero-order valence-electron chi connectivity index (χ0n) is 7.45. The first-order valence-corrected chi connectivity index (χ1v) is 3.90. The Hall–Kier alpha value is -1.85. The summed E-state index contributed by atoms with van der Waals surface area (Å²) in [5, 5.41) is 0. The van der Waals surface area contributed by atoms with Crippen LogP contribution in [0.5, 0.6) is 0 Å². The molecule has 0 fully saturated rings. The average molecular weight is 216 g/mol. The Morgan fingerprint density at radius 3 is 2.47 bits per heavy atom. The minimum atomic E-state index is -4.40. The minimum absolute atomic E-state index is 0.238. The van der Waals surface area contributed by atoms with Crippen LogP contribution in [0.1, 0.15) is 11.3 Å². The van der Waals surface area contributed by atoms with Crippen molar-refractivity contribution < 1.29 is 18.0 Å². The van der Waals surface area contributed by atoms with Gasteiger partial charge >= 0.3 is 6.18 Å². The largest absolute Gasteiger partial charge is 0.417 e. The van der Waals surface area contributed by atoms with Gasteiger partial charge in [-0.05, 0) is 18.2 Å². The molecule has 3 nitrogen and oxygen atoms in total. The molecule has 0 saturated heterocycles. The van der Waals surface area contributed by atoms with Crippen LogP contribution in [-0.2, 0) is 11.0 Å². The van der Waals surface area contributed by atoms with Crippen molar-refractivity contribution >= 4 is 12.0 Å². The van der Waals surface area contributed by atoms with Crippen LogP contribution in [0.15, 0.2) is 24.4 Å². The van der Waals surface area contributed by atoms with Gasteiger partial charge in [0, 0.05) is 12.3 Å². The number of carbonyl (C=O) groups is 1. The number of hydrogen-bond donors (Lipinski definition) is 1. The number of nitrogens with zero attached hydrogens (tertiary/aromatic N) is 1. The number of hydrogen-bond acceptors (Lipinski definition) is 2. The molecule has 1 amide bonds. The topological polar surface area (TPSA) is 56.0 Å². The number of pyridine rings is 1. The smallest absolute Gasteiger partial charge is 0.366 e. The van der Waals surface area contributed by atoms with Crippen molar-refractivity contribution in [3.8, 4) is 0 Å². The lowest BCUT2D eigenvalue weighted by Gasteiger charge is -2.04. The monoisotopic (exact) mass is 216 g/mol. The number of aromatic nitrogens is 1. The first kappa shape index (κ1) is 11.2. The molecule has 6 heteroatoms. The van der Waals surface area contributed by atoms with E-state index in [2.05, 4.69) is 4.98 Å². The number of rotatable bonds is 2. The molecule has 15 heavy (non-hydrogen) atoms. The summed E-state index contributed by atoms with van der Waals surface area (Å²) < 4.78 is 36.3. The molecule has 2 N–H and O–H groups in total. The third-order valence-electron chi connectivity index (χ3n) is 1.53. The van der Waals surface area contributed by atoms with E-state index in [-0.39, 0.29) is 5.69 Å². The van der Waals surface area contributed by atoms with Gasteiger partial charge in [-0.2, -0.15) is 13.2 Å². The van der Waals surface area contributed by atoms with Crippen LogP contribution in [0.3, 0.4) is 0 Å². The van der Waals surface area contributed by atoms with Crippen LogP contribution in [0.2, 0.25) is 0 Å². The average Bonchev–Trinajstić information content (AvgIpc) is 2.14. The predicted octanol–water partition coefficient (Wildman–Crippen LogP) is 1.60. The Balaban J connectivity index is 2.86. The lowest BCUT2D eigenvalue weighted by atomic mass is 10.2. The molecule has 1 aromatic heterocycles. The maximum Gasteiger partial charge on any atom is 0.417 e. The third kappa shape index (κ3) is 3.41. The minimum Gasteiger partial charge on any atom is -0.366 e. The SMILES string of the molecule is NC(=O)/C=C/c1ccc(C(F)(F)F)cn1. The van der Waals surface area contributed by atoms with E-state index in [1.807, 2.05) is 0 Å². The van der Waals surface area contributed by atoms with Gasteiger partial charge in [-0.15, -0.1) is 0 Å². The van der Waals surface area contributed by atoms with Crippen molar-refractivity contribution in [2.24, 2.45) is 5.73 Å². The van der Waals surface area contributed by atoms with Crippen LogP contribution in [0.25, 0.3) is 6.08 Å². The molecule has 0 aliphatic rings. The summed E-state index contributed by atoms with van der Waals surface area (Å²) in [7, 11) is 0. The zero-order chi connectivity index (χ0) is 11.5. The van der Waals surface area contributed by atoms with Gasteiger partial charge in [-0.25, -0.2) is 0 Å². The van der Waals surface area contributed by atoms with E-state index in [1.165, 1.54) is 6.08 Å². The van der Waals surface area contributed by atoms with Gasteiger partial charge in [0.1, 0.15) is 0 Å². The first-order valence-electron chi connectivity index (χ1n) is 3.90. The fourth-order valence-electron chi connectivity index (χ4n) is 0.839. The second-order valence-electron chi connectivity index (χ2n) is 2.71. The van der Waals surface area contributed by atoms with Crippen LogP contribution in [0, 0.1) is 0 Å². The number of carbonyl (C=O) groups excluding carboxylic acids is 1. The van der Waals surface area contributed by atoms with Crippen LogP contribution in [-0.4, -0.2) is 10.9 Å². The predicted molar refractivity (Wildman–Crippen MR) is 47.5 cm³/mol. The second-order valence-corrected chi connectivity index (χ2v) is 2.71. The van der Waals surface area contributed by atoms with Crippen molar-refractivity contribution in [2.45, 2.75) is 6.18 Å². The van der Waals surface area contributed by atoms with E-state index in [4.69, 9.17) is 5.73 Å². The fourth-order valence-corrected chi connectivity index (χ4v) is 0.839. The van der Waals surface area contributed by atoms with Gasteiger partial charge < -0.3 is 5.73 Å². The Morgan fingerprint density at radius 1 is 1.40 bits per heavy atom. The standard InChI is InChI=1S/C9H7F3N2O/c10-9(11,12)6-1-2-7(14-5-6)3-4-8(13)15/h1-5H,(H2,13,15)/b4-3+. The van der Waals surface area contributed by atoms with E-state index < -0.39 is 17.6 Å². The van der Waals surface area contributed by atoms with E-state index in [0.29, 0.717) is 6.20 Å². The summed E-state index contributed by atoms with van der Waals surface area (Å²) in [6.45, 7) is 0. The number of amides is 1. The number of halogens is 3. The van der Waals surface area contributed by atoms with Gasteiger partial charge in [0.25, 0.3) is 0 Å². The van der Waals surface area contributed by atoms with E-state index in [9.17, 15) is 18.0 Å². The molecular weight excluding hydrogens is 209 g/mol. The van der Waals surface area contributed by atoms with Crippen molar-refractivity contribution in [2.75, 3.05) is 0 Å². The van der Waals surface area contributed by atoms with Gasteiger partial charge in [0.2, 0.25) is 5.91 Å². The van der Waals surface area contributed by atoms with Crippen molar-refractivity contribution in [3.05, 3.63) is 35.7 Å². The Kier molecular flexibility index (Phi) is 3.08. The highest BCUT2D eigenvalue weighted by Crippen LogP contribution is 2.28. The van der Waals surface area contributed by atoms with Gasteiger partial charge in [0.15, 0.2) is 0 Å². The first-order chi connectivity index (χ1) is 6.89. The lowest BCUT2D eigenvalue weighted by molar-refractivity contribution is -0.137. The summed E-state index contributed by atoms with van der Waals surface area (Å²) in [4.78, 5) is 13.8. The molecule has 0 spiro atoms. The Bertz CT molecular complexity index is 381. The molecule has 0 saturated carbocycles. The van der Waals surface area contributed by atoms with Crippen molar-refractivity contribution in [1.29, 1.82) is 0 Å². The molecular formula is C9H7F3N2O. The van der Waals surface area contributed by atoms with Crippen LogP contribution in [0.4, 0.5) is 13.2 Å². The molecule has 0 bridgehead atoms. The molecule has 0 aliphatic carbocycles. The summed E-state index contributed by atoms with van der Waals surface area (Å²) >= 11 is 0. The van der Waals surface area contributed by atoms with Crippen LogP contribution < -0.4 is 5.73 Å². The Labute approximate surface area is 83.4 Å². The summed E-state index contributed by atoms with van der Waals surface area (Å²) in [6.07, 6.45) is -1.45. The summed E-state index contributed by atoms with van der Waals surface area (Å²) in [5.74, 6) is -0.684. The quantitative estimate of drug-likeness (QED) is 0.763. The normalized spacial score (nSPS) is 11.9. The van der Waals surface area contributed by atoms with Crippen molar-refractivity contribution in [1.82, 2.24) is 4.98 Å². The molecule has 1 heterocycles. The summed E-state index contributed by atoms with van der Waals surface area (Å²) in [5.41, 5.74) is 4.21. The molecule has 1 aromatic rings. The summed E-state index contributed by atoms with van der Waals surface area (Å²) in [6, 6.07) is 2.04. The highest BCUT2D eigenvalue weighted by Gasteiger charge is 2.30. The van der Waals surface area contributed by atoms with E-state index in [1.54, 1.807) is 0 Å². The lowest BCUT2D eigenvalue weighted by Crippen LogP contribution is -2.06. The highest BCUT2D eigenvalue weighted by molar-refractivity contribution is 5.89. The highest BCUT2D eigenvalue weighted by atomic mass is 19.4. The van der Waals surface area contributed by atoms with Gasteiger partial charge in [-0.3, -0.25) is 9.78 Å². The van der Waals surface area contributed by atoms with Gasteiger partial charge in [0.05, 0.1) is 11.3 Å². The maximum atomic E-state index is 12.1. The molecule has 0 radical (unpaired) electrons. The second kappa shape index (κ2) is 4.12. The third-order valence-corrected chi connectivity index (χ3v) is 1.53. The van der Waals surface area contributed by atoms with Gasteiger partial charge in [-0.1, -0.05) is 0 Å². The maximum absolute atomic E-state index is 12.1. The zero-order valence-corrected chi connectivity index (χ0v) is 7.45. The molecule has 0 unspecified atom stereocenters. The fraction of sp³-hybridized carbons (Fsp3) is 0.111. The molecule has 1 rings (SSSR count). The molecule has 0 aromatic carbocycles. The molecule has 0 aliphatic heterocycles. The number of nitrogens with two attached hydrogens (primary N) is 1. The number of primary amides is 1. The molecule has 80 valence electrons.